The molecule has 0 aromatic rings. The van der Waals surface area contributed by atoms with Crippen molar-refractivity contribution in [2.24, 2.45) is 0 Å². The first-order valence-corrected chi connectivity index (χ1v) is 27.1. The van der Waals surface area contributed by atoms with Gasteiger partial charge in [0.05, 0.1) is 27.7 Å². The smallest absolute Gasteiger partial charge is 0.462 e. The molecule has 10 heteroatoms. The fraction of sp³-hybridized carbons (Fsp3) is 0.643. The topological polar surface area (TPSA) is 108 Å². The molecule has 0 heterocycles. The molecule has 376 valence electrons. The number of esters is 2. The van der Waals surface area contributed by atoms with Crippen molar-refractivity contribution in [3.8, 4) is 0 Å². The van der Waals surface area contributed by atoms with Crippen molar-refractivity contribution in [1.29, 1.82) is 0 Å². The Balaban J connectivity index is 4.38. The van der Waals surface area contributed by atoms with Crippen molar-refractivity contribution >= 4 is 19.8 Å². The molecule has 0 aromatic heterocycles. The number of quaternary nitrogens is 1. The van der Waals surface area contributed by atoms with E-state index in [1.807, 2.05) is 21.1 Å². The van der Waals surface area contributed by atoms with Crippen LogP contribution in [0, 0.1) is 0 Å². The van der Waals surface area contributed by atoms with E-state index in [4.69, 9.17) is 18.5 Å². The Morgan fingerprint density at radius 3 is 1.30 bits per heavy atom. The average Bonchev–Trinajstić information content (AvgIpc) is 3.27. The number of phosphoric acid groups is 1. The second-order valence-corrected chi connectivity index (χ2v) is 19.3. The van der Waals surface area contributed by atoms with Crippen LogP contribution in [0.5, 0.6) is 0 Å². The summed E-state index contributed by atoms with van der Waals surface area (Å²) in [6, 6.07) is 0. The Morgan fingerprint density at radius 1 is 0.485 bits per heavy atom. The number of unbranched alkanes of at least 4 members (excludes halogenated alkanes) is 13. The van der Waals surface area contributed by atoms with E-state index in [1.54, 1.807) is 0 Å². The highest BCUT2D eigenvalue weighted by Gasteiger charge is 2.27. The highest BCUT2D eigenvalue weighted by Crippen LogP contribution is 2.43. The van der Waals surface area contributed by atoms with Crippen molar-refractivity contribution in [3.63, 3.8) is 0 Å². The van der Waals surface area contributed by atoms with E-state index < -0.39 is 26.5 Å². The summed E-state index contributed by atoms with van der Waals surface area (Å²) in [6.07, 6.45) is 64.2. The molecule has 0 rings (SSSR count). The molecule has 0 radical (unpaired) electrons. The minimum absolute atomic E-state index is 0.0170. The van der Waals surface area contributed by atoms with Gasteiger partial charge in [0.1, 0.15) is 19.8 Å². The van der Waals surface area contributed by atoms with Crippen molar-refractivity contribution in [3.05, 3.63) is 109 Å². The van der Waals surface area contributed by atoms with E-state index in [1.165, 1.54) is 44.9 Å². The lowest BCUT2D eigenvalue weighted by molar-refractivity contribution is -0.870. The third kappa shape index (κ3) is 50.1. The molecule has 0 aliphatic carbocycles. The van der Waals surface area contributed by atoms with Gasteiger partial charge in [0.15, 0.2) is 6.10 Å². The second kappa shape index (κ2) is 46.8. The van der Waals surface area contributed by atoms with Crippen LogP contribution in [0.1, 0.15) is 181 Å². The van der Waals surface area contributed by atoms with E-state index in [-0.39, 0.29) is 32.0 Å². The fourth-order valence-electron chi connectivity index (χ4n) is 6.32. The van der Waals surface area contributed by atoms with E-state index in [9.17, 15) is 19.0 Å². The van der Waals surface area contributed by atoms with E-state index in [2.05, 4.69) is 123 Å². The monoisotopic (exact) mass is 941 g/mol. The van der Waals surface area contributed by atoms with Gasteiger partial charge in [-0.3, -0.25) is 18.6 Å². The maximum atomic E-state index is 12.8. The lowest BCUT2D eigenvalue weighted by Gasteiger charge is -2.24. The lowest BCUT2D eigenvalue weighted by Crippen LogP contribution is -2.37. The highest BCUT2D eigenvalue weighted by molar-refractivity contribution is 7.47. The number of allylic oxidation sites excluding steroid dienone is 18. The summed E-state index contributed by atoms with van der Waals surface area (Å²) in [7, 11) is 1.43. The standard InChI is InChI=1S/C56H94NO8P/c1-6-8-10-12-14-16-18-20-22-24-25-26-27-28-29-30-31-33-35-37-39-41-43-45-47-49-56(59)65-54(53-64-66(60,61)63-51-50-57(3,4)5)52-62-55(58)48-46-44-42-40-38-36-34-32-23-21-19-17-15-13-11-9-7-2/h8,10,14-17,20-23,25-26,28-29,31,33,37,39,54H,6-7,9,11-13,18-19,24,27,30,32,34-36,38,40-53H2,1-5H3/p+1/b10-8-,16-14-,17-15-,22-20-,23-21-,26-25-,29-28-,33-31-,39-37-. The molecule has 0 fully saturated rings. The molecular weight excluding hydrogens is 846 g/mol. The zero-order valence-electron chi connectivity index (χ0n) is 42.4. The number of ether oxygens (including phenoxy) is 2. The summed E-state index contributed by atoms with van der Waals surface area (Å²) in [6.45, 7) is 4.22. The number of hydrogen-bond acceptors (Lipinski definition) is 7. The number of phosphoric ester groups is 1. The molecule has 0 bridgehead atoms. The van der Waals surface area contributed by atoms with Crippen LogP contribution in [0.25, 0.3) is 0 Å². The van der Waals surface area contributed by atoms with Crippen LogP contribution < -0.4 is 0 Å². The van der Waals surface area contributed by atoms with Crippen LogP contribution in [0.4, 0.5) is 0 Å². The van der Waals surface area contributed by atoms with E-state index in [0.29, 0.717) is 17.4 Å². The summed E-state index contributed by atoms with van der Waals surface area (Å²) in [5.74, 6) is -0.855. The Hall–Kier alpha value is -3.33. The van der Waals surface area contributed by atoms with E-state index >= 15 is 0 Å². The first kappa shape index (κ1) is 62.7. The maximum absolute atomic E-state index is 12.8. The summed E-state index contributed by atoms with van der Waals surface area (Å²) in [5, 5.41) is 0. The lowest BCUT2D eigenvalue weighted by atomic mass is 10.1. The molecule has 0 saturated heterocycles. The Bertz CT molecular complexity index is 1480. The molecule has 0 aliphatic rings. The number of hydrogen-bond donors (Lipinski definition) is 1. The maximum Gasteiger partial charge on any atom is 0.472 e. The molecule has 0 aliphatic heterocycles. The molecule has 2 atom stereocenters. The predicted octanol–water partition coefficient (Wildman–Crippen LogP) is 15.5. The molecule has 0 saturated carbocycles. The minimum atomic E-state index is -4.40. The minimum Gasteiger partial charge on any atom is -0.462 e. The molecule has 2 unspecified atom stereocenters. The molecule has 0 aromatic carbocycles. The van der Waals surface area contributed by atoms with Gasteiger partial charge in [0.25, 0.3) is 0 Å². The van der Waals surface area contributed by atoms with Crippen LogP contribution in [-0.4, -0.2) is 74.9 Å². The van der Waals surface area contributed by atoms with Crippen LogP contribution in [-0.2, 0) is 32.7 Å². The fourth-order valence-corrected chi connectivity index (χ4v) is 7.06. The quantitative estimate of drug-likeness (QED) is 0.0211. The SMILES string of the molecule is CC/C=C\C/C=C\C/C=C\C/C=C\C/C=C\C/C=C\C/C=C\CCCCCC(=O)OC(COC(=O)CCCCCCCCC/C=C\C/C=C\CCCCC)COP(=O)(O)OCC[N+](C)(C)C. The van der Waals surface area contributed by atoms with Gasteiger partial charge >= 0.3 is 19.8 Å². The molecule has 9 nitrogen and oxygen atoms in total. The van der Waals surface area contributed by atoms with Crippen LogP contribution in [0.3, 0.4) is 0 Å². The van der Waals surface area contributed by atoms with Crippen molar-refractivity contribution in [2.45, 2.75) is 187 Å². The van der Waals surface area contributed by atoms with Gasteiger partial charge in [-0.15, -0.1) is 0 Å². The highest BCUT2D eigenvalue weighted by atomic mass is 31.2. The Kier molecular flexibility index (Phi) is 44.4. The van der Waals surface area contributed by atoms with Gasteiger partial charge < -0.3 is 18.9 Å². The third-order valence-corrected chi connectivity index (χ3v) is 11.3. The van der Waals surface area contributed by atoms with Gasteiger partial charge in [0.2, 0.25) is 0 Å². The van der Waals surface area contributed by atoms with Crippen molar-refractivity contribution in [1.82, 2.24) is 0 Å². The van der Waals surface area contributed by atoms with E-state index in [0.717, 1.165) is 103 Å². The van der Waals surface area contributed by atoms with Gasteiger partial charge in [-0.05, 0) is 103 Å². The van der Waals surface area contributed by atoms with Crippen LogP contribution in [0.15, 0.2) is 109 Å². The molecule has 0 amide bonds. The van der Waals surface area contributed by atoms with Crippen molar-refractivity contribution in [2.75, 3.05) is 47.5 Å². The van der Waals surface area contributed by atoms with Gasteiger partial charge in [-0.1, -0.05) is 175 Å². The number of nitrogens with zero attached hydrogens (tertiary/aromatic N) is 1. The normalized spacial score (nSPS) is 14.3. The number of carbonyl (C=O) groups excluding carboxylic acids is 2. The molecule has 0 spiro atoms. The first-order chi connectivity index (χ1) is 32.0. The summed E-state index contributed by atoms with van der Waals surface area (Å²) >= 11 is 0. The second-order valence-electron chi connectivity index (χ2n) is 17.8. The summed E-state index contributed by atoms with van der Waals surface area (Å²) < 4.78 is 34.4. The zero-order valence-corrected chi connectivity index (χ0v) is 43.3. The molecule has 1 N–H and O–H groups in total. The Labute approximate surface area is 404 Å². The van der Waals surface area contributed by atoms with Gasteiger partial charge in [-0.2, -0.15) is 0 Å². The Morgan fingerprint density at radius 2 is 0.864 bits per heavy atom. The van der Waals surface area contributed by atoms with Crippen LogP contribution in [0.2, 0.25) is 0 Å². The largest absolute Gasteiger partial charge is 0.472 e. The van der Waals surface area contributed by atoms with Gasteiger partial charge in [0, 0.05) is 12.8 Å². The summed E-state index contributed by atoms with van der Waals surface area (Å²) in [4.78, 5) is 35.5. The van der Waals surface area contributed by atoms with Crippen LogP contribution >= 0.6 is 7.82 Å². The first-order valence-electron chi connectivity index (χ1n) is 25.6. The van der Waals surface area contributed by atoms with Gasteiger partial charge in [-0.25, -0.2) is 4.57 Å². The zero-order chi connectivity index (χ0) is 48.5. The number of carbonyl (C=O) groups is 2. The molecular formula is C56H95NO8P+. The summed E-state index contributed by atoms with van der Waals surface area (Å²) in [5.41, 5.74) is 0. The van der Waals surface area contributed by atoms with Crippen molar-refractivity contribution < 1.29 is 42.1 Å². The average molecular weight is 941 g/mol. The predicted molar refractivity (Wildman–Crippen MR) is 279 cm³/mol. The number of likely N-dealkylation sites (N-methyl/N-ethyl adjacent to an activating group) is 1. The molecule has 66 heavy (non-hydrogen) atoms. The third-order valence-electron chi connectivity index (χ3n) is 10.3. The number of rotatable bonds is 45.